The molecule has 0 fully saturated rings. The zero-order chi connectivity index (χ0) is 66.1. The minimum Gasteiger partial charge on any atom is -0.462 e. The highest BCUT2D eigenvalue weighted by Gasteiger charge is 2.30. The van der Waals surface area contributed by atoms with Crippen LogP contribution in [0.15, 0.2) is 0 Å². The number of esters is 4. The van der Waals surface area contributed by atoms with Gasteiger partial charge in [-0.1, -0.05) is 293 Å². The van der Waals surface area contributed by atoms with Gasteiger partial charge in [0.15, 0.2) is 12.2 Å². The Morgan fingerprint density at radius 3 is 0.697 bits per heavy atom. The molecule has 0 saturated carbocycles. The molecule has 528 valence electrons. The van der Waals surface area contributed by atoms with E-state index in [4.69, 9.17) is 37.0 Å². The first kappa shape index (κ1) is 87.1. The van der Waals surface area contributed by atoms with E-state index in [-0.39, 0.29) is 25.7 Å². The first-order valence-corrected chi connectivity index (χ1v) is 39.2. The highest BCUT2D eigenvalue weighted by Crippen LogP contribution is 2.45. The summed E-state index contributed by atoms with van der Waals surface area (Å²) >= 11 is 0. The summed E-state index contributed by atoms with van der Waals surface area (Å²) in [4.78, 5) is 72.5. The molecular formula is C70H136O17P2. The Bertz CT molecular complexity index is 1760. The zero-order valence-electron chi connectivity index (χ0n) is 58.1. The van der Waals surface area contributed by atoms with Gasteiger partial charge >= 0.3 is 39.5 Å². The van der Waals surface area contributed by atoms with Crippen LogP contribution >= 0.6 is 15.6 Å². The molecule has 0 aliphatic heterocycles. The van der Waals surface area contributed by atoms with Crippen molar-refractivity contribution < 1.29 is 80.2 Å². The van der Waals surface area contributed by atoms with Crippen LogP contribution in [0.2, 0.25) is 0 Å². The lowest BCUT2D eigenvalue weighted by Crippen LogP contribution is -2.30. The molecule has 3 N–H and O–H groups in total. The van der Waals surface area contributed by atoms with Gasteiger partial charge in [-0.15, -0.1) is 0 Å². The molecule has 0 rings (SSSR count). The van der Waals surface area contributed by atoms with Crippen molar-refractivity contribution in [2.45, 2.75) is 363 Å². The van der Waals surface area contributed by atoms with E-state index in [1.807, 2.05) is 0 Å². The number of hydrogen-bond donors (Lipinski definition) is 3. The minimum atomic E-state index is -4.95. The standard InChI is InChI=1S/C70H136O17P2/c1-60(2)46-38-30-22-14-9-11-17-26-34-42-50-67(72)80-56-65(87-70(75)53-45-37-29-19-13-16-24-32-40-48-62(5)6)58-84-88(76,77)82-54-64(71)55-83-89(78,79)85-59-66(57-81-68(73)51-43-35-27-21-20-25-33-41-49-63(7)8)86-69(74)52-44-36-28-18-12-10-15-23-31-39-47-61(3)4/h60-66,71H,9-59H2,1-8H3,(H,76,77)(H,78,79)/t64?,65-,66-/m1/s1. The number of ether oxygens (including phenoxy) is 4. The van der Waals surface area contributed by atoms with Crippen molar-refractivity contribution in [3.63, 3.8) is 0 Å². The molecule has 0 aliphatic rings. The van der Waals surface area contributed by atoms with Gasteiger partial charge in [-0.05, 0) is 49.4 Å². The van der Waals surface area contributed by atoms with Gasteiger partial charge in [-0.3, -0.25) is 37.3 Å². The second-order valence-electron chi connectivity index (χ2n) is 27.2. The number of carbonyl (C=O) groups is 4. The molecule has 89 heavy (non-hydrogen) atoms. The summed E-state index contributed by atoms with van der Waals surface area (Å²) in [6.07, 6.45) is 41.7. The van der Waals surface area contributed by atoms with Crippen LogP contribution in [-0.4, -0.2) is 96.7 Å². The Morgan fingerprint density at radius 1 is 0.281 bits per heavy atom. The summed E-state index contributed by atoms with van der Waals surface area (Å²) in [5, 5.41) is 10.6. The van der Waals surface area contributed by atoms with Gasteiger partial charge in [0.1, 0.15) is 19.3 Å². The lowest BCUT2D eigenvalue weighted by molar-refractivity contribution is -0.161. The van der Waals surface area contributed by atoms with Crippen LogP contribution in [0.25, 0.3) is 0 Å². The molecule has 0 heterocycles. The molecule has 0 aliphatic carbocycles. The van der Waals surface area contributed by atoms with E-state index in [2.05, 4.69) is 55.4 Å². The first-order chi connectivity index (χ1) is 42.6. The third kappa shape index (κ3) is 64.6. The molecule has 5 atom stereocenters. The Kier molecular flexibility index (Phi) is 58.5. The largest absolute Gasteiger partial charge is 0.472 e. The van der Waals surface area contributed by atoms with Crippen LogP contribution in [0.4, 0.5) is 0 Å². The fraction of sp³-hybridized carbons (Fsp3) is 0.943. The molecule has 19 heteroatoms. The average Bonchev–Trinajstić information content (AvgIpc) is 3.60. The van der Waals surface area contributed by atoms with Crippen molar-refractivity contribution in [2.24, 2.45) is 23.7 Å². The third-order valence-corrected chi connectivity index (χ3v) is 18.0. The summed E-state index contributed by atoms with van der Waals surface area (Å²) in [6.45, 7) is 14.1. The lowest BCUT2D eigenvalue weighted by atomic mass is 10.0. The molecule has 0 bridgehead atoms. The van der Waals surface area contributed by atoms with E-state index >= 15 is 0 Å². The predicted molar refractivity (Wildman–Crippen MR) is 358 cm³/mol. The van der Waals surface area contributed by atoms with E-state index in [1.54, 1.807) is 0 Å². The van der Waals surface area contributed by atoms with Crippen molar-refractivity contribution in [1.82, 2.24) is 0 Å². The SMILES string of the molecule is CC(C)CCCCCCCCCCCCC(=O)OC[C@H](COP(=O)(O)OCC(O)COP(=O)(O)OC[C@@H](COC(=O)CCCCCCCCCCC(C)C)OC(=O)CCCCCCCCCCCCC(C)C)OC(=O)CCCCCCCCCCCC(C)C. The van der Waals surface area contributed by atoms with Gasteiger partial charge in [-0.25, -0.2) is 9.13 Å². The number of aliphatic hydroxyl groups is 1. The fourth-order valence-corrected chi connectivity index (χ4v) is 12.1. The number of phosphoric acid groups is 2. The van der Waals surface area contributed by atoms with Crippen LogP contribution < -0.4 is 0 Å². The molecule has 0 amide bonds. The molecular weight excluding hydrogens is 1170 g/mol. The molecule has 17 nitrogen and oxygen atoms in total. The second-order valence-corrected chi connectivity index (χ2v) is 30.1. The van der Waals surface area contributed by atoms with Gasteiger partial charge in [-0.2, -0.15) is 0 Å². The Labute approximate surface area is 543 Å². The summed E-state index contributed by atoms with van der Waals surface area (Å²) in [6, 6.07) is 0. The topological polar surface area (TPSA) is 237 Å². The maximum atomic E-state index is 13.0. The Hall–Kier alpha value is -1.94. The number of carbonyl (C=O) groups excluding carboxylic acids is 4. The monoisotopic (exact) mass is 1310 g/mol. The molecule has 0 aromatic carbocycles. The maximum absolute atomic E-state index is 13.0. The summed E-state index contributed by atoms with van der Waals surface area (Å²) in [5.74, 6) is 0.844. The van der Waals surface area contributed by atoms with Gasteiger partial charge < -0.3 is 33.8 Å². The zero-order valence-corrected chi connectivity index (χ0v) is 59.8. The van der Waals surface area contributed by atoms with E-state index in [1.165, 1.54) is 148 Å². The molecule has 0 aromatic rings. The Balaban J connectivity index is 5.27. The summed E-state index contributed by atoms with van der Waals surface area (Å²) in [7, 11) is -9.90. The number of phosphoric ester groups is 2. The van der Waals surface area contributed by atoms with Crippen molar-refractivity contribution >= 4 is 39.5 Å². The van der Waals surface area contributed by atoms with Gasteiger partial charge in [0.05, 0.1) is 26.4 Å². The predicted octanol–water partition coefficient (Wildman–Crippen LogP) is 19.7. The summed E-state index contributed by atoms with van der Waals surface area (Å²) in [5.41, 5.74) is 0. The molecule has 0 spiro atoms. The van der Waals surface area contributed by atoms with Crippen LogP contribution in [0.5, 0.6) is 0 Å². The molecule has 3 unspecified atom stereocenters. The summed E-state index contributed by atoms with van der Waals surface area (Å²) < 4.78 is 68.3. The van der Waals surface area contributed by atoms with Gasteiger partial charge in [0, 0.05) is 25.7 Å². The van der Waals surface area contributed by atoms with Crippen LogP contribution in [0.3, 0.4) is 0 Å². The molecule has 0 radical (unpaired) electrons. The Morgan fingerprint density at radius 2 is 0.472 bits per heavy atom. The highest BCUT2D eigenvalue weighted by atomic mass is 31.2. The van der Waals surface area contributed by atoms with E-state index in [9.17, 15) is 43.2 Å². The average molecular weight is 1310 g/mol. The third-order valence-electron chi connectivity index (χ3n) is 16.1. The normalized spacial score (nSPS) is 14.3. The number of unbranched alkanes of at least 4 members (excludes halogenated alkanes) is 33. The number of rotatable bonds is 67. The smallest absolute Gasteiger partial charge is 0.462 e. The van der Waals surface area contributed by atoms with Gasteiger partial charge in [0.2, 0.25) is 0 Å². The van der Waals surface area contributed by atoms with Crippen LogP contribution in [0.1, 0.15) is 344 Å². The van der Waals surface area contributed by atoms with Gasteiger partial charge in [0.25, 0.3) is 0 Å². The second kappa shape index (κ2) is 59.8. The first-order valence-electron chi connectivity index (χ1n) is 36.2. The van der Waals surface area contributed by atoms with E-state index < -0.39 is 97.5 Å². The fourth-order valence-electron chi connectivity index (χ4n) is 10.5. The lowest BCUT2D eigenvalue weighted by Gasteiger charge is -2.21. The van der Waals surface area contributed by atoms with Crippen LogP contribution in [0, 0.1) is 23.7 Å². The van der Waals surface area contributed by atoms with Crippen molar-refractivity contribution in [2.75, 3.05) is 39.6 Å². The van der Waals surface area contributed by atoms with Crippen molar-refractivity contribution in [3.05, 3.63) is 0 Å². The highest BCUT2D eigenvalue weighted by molar-refractivity contribution is 7.47. The number of aliphatic hydroxyl groups excluding tert-OH is 1. The van der Waals surface area contributed by atoms with E-state index in [0.717, 1.165) is 114 Å². The quantitative estimate of drug-likeness (QED) is 0.0222. The molecule has 0 saturated heterocycles. The van der Waals surface area contributed by atoms with Crippen molar-refractivity contribution in [1.29, 1.82) is 0 Å². The number of hydrogen-bond acceptors (Lipinski definition) is 15. The maximum Gasteiger partial charge on any atom is 0.472 e. The van der Waals surface area contributed by atoms with Crippen molar-refractivity contribution in [3.8, 4) is 0 Å². The minimum absolute atomic E-state index is 0.104. The molecule has 0 aromatic heterocycles. The van der Waals surface area contributed by atoms with E-state index in [0.29, 0.717) is 25.7 Å². The van der Waals surface area contributed by atoms with Crippen LogP contribution in [-0.2, 0) is 65.4 Å².